The normalized spacial score (nSPS) is 26.0. The van der Waals surface area contributed by atoms with Crippen LogP contribution >= 0.6 is 11.8 Å². The van der Waals surface area contributed by atoms with Gasteiger partial charge in [0.2, 0.25) is 0 Å². The van der Waals surface area contributed by atoms with Crippen molar-refractivity contribution in [1.29, 1.82) is 5.41 Å². The molecule has 2 rings (SSSR count). The SMILES string of the molecule is CC(C)(C)OC(=O)N1C(=O)N[C@@H]2[C@H](CCCC(=N)C(=O)O)SC[C@@H]21. The Hall–Kier alpha value is -1.77. The molecule has 134 valence electrons. The first-order valence-corrected chi connectivity index (χ1v) is 8.90. The average Bonchev–Trinajstić information content (AvgIpc) is 2.95. The highest BCUT2D eigenvalue weighted by atomic mass is 32.2. The quantitative estimate of drug-likeness (QED) is 0.512. The standard InChI is InChI=1S/C15H23N3O5S/c1-15(2,3)23-14(22)18-9-7-24-10(11(9)17-13(18)21)6-4-5-8(16)12(19)20/h9-11,16H,4-7H2,1-3H3,(H,17,21)(H,19,20)/t9-,10-,11-/m0/s1. The van der Waals surface area contributed by atoms with Crippen molar-refractivity contribution in [2.75, 3.05) is 5.75 Å². The van der Waals surface area contributed by atoms with Crippen LogP contribution in [0.15, 0.2) is 0 Å². The van der Waals surface area contributed by atoms with E-state index in [0.29, 0.717) is 18.6 Å². The van der Waals surface area contributed by atoms with E-state index >= 15 is 0 Å². The topological polar surface area (TPSA) is 120 Å². The highest BCUT2D eigenvalue weighted by molar-refractivity contribution is 8.00. The summed E-state index contributed by atoms with van der Waals surface area (Å²) in [4.78, 5) is 36.2. The van der Waals surface area contributed by atoms with Gasteiger partial charge in [0.15, 0.2) is 0 Å². The molecule has 0 spiro atoms. The van der Waals surface area contributed by atoms with Gasteiger partial charge in [-0.3, -0.25) is 5.41 Å². The summed E-state index contributed by atoms with van der Waals surface area (Å²) in [6.07, 6.45) is 0.813. The average molecular weight is 357 g/mol. The van der Waals surface area contributed by atoms with Crippen molar-refractivity contribution in [3.05, 3.63) is 0 Å². The second-order valence-corrected chi connectivity index (χ2v) is 8.21. The lowest BCUT2D eigenvalue weighted by molar-refractivity contribution is -0.129. The summed E-state index contributed by atoms with van der Waals surface area (Å²) in [5.41, 5.74) is -0.974. The molecular formula is C15H23N3O5S. The summed E-state index contributed by atoms with van der Waals surface area (Å²) in [5, 5.41) is 19.0. The van der Waals surface area contributed by atoms with Gasteiger partial charge >= 0.3 is 18.1 Å². The number of ether oxygens (including phenoxy) is 1. The van der Waals surface area contributed by atoms with Crippen molar-refractivity contribution in [2.45, 2.75) is 63.0 Å². The largest absolute Gasteiger partial charge is 0.477 e. The third-order valence-electron chi connectivity index (χ3n) is 3.90. The molecule has 9 heteroatoms. The van der Waals surface area contributed by atoms with E-state index < -0.39 is 23.7 Å². The van der Waals surface area contributed by atoms with Gasteiger partial charge in [-0.2, -0.15) is 11.8 Å². The Kier molecular flexibility index (Phi) is 5.42. The van der Waals surface area contributed by atoms with E-state index in [1.807, 2.05) is 0 Å². The maximum absolute atomic E-state index is 12.2. The molecule has 0 radical (unpaired) electrons. The van der Waals surface area contributed by atoms with Crippen molar-refractivity contribution >= 4 is 35.6 Å². The van der Waals surface area contributed by atoms with Gasteiger partial charge in [0, 0.05) is 11.0 Å². The van der Waals surface area contributed by atoms with Gasteiger partial charge in [0.25, 0.3) is 0 Å². The Morgan fingerprint density at radius 2 is 2.12 bits per heavy atom. The molecule has 0 aliphatic carbocycles. The summed E-state index contributed by atoms with van der Waals surface area (Å²) in [6, 6.07) is -0.849. The van der Waals surface area contributed by atoms with E-state index in [1.165, 1.54) is 0 Å². The molecule has 0 bridgehead atoms. The predicted molar refractivity (Wildman–Crippen MR) is 89.6 cm³/mol. The number of fused-ring (bicyclic) bond motifs is 1. The number of imide groups is 1. The van der Waals surface area contributed by atoms with Crippen LogP contribution in [-0.2, 0) is 9.53 Å². The van der Waals surface area contributed by atoms with Gasteiger partial charge in [-0.1, -0.05) is 0 Å². The van der Waals surface area contributed by atoms with Gasteiger partial charge in [-0.05, 0) is 40.0 Å². The minimum atomic E-state index is -1.20. The fourth-order valence-corrected chi connectivity index (χ4v) is 4.43. The van der Waals surface area contributed by atoms with Crippen LogP contribution in [0.3, 0.4) is 0 Å². The minimum absolute atomic E-state index is 0.105. The summed E-state index contributed by atoms with van der Waals surface area (Å²) in [5.74, 6) is -0.568. The first kappa shape index (κ1) is 18.6. The second kappa shape index (κ2) is 7.00. The van der Waals surface area contributed by atoms with E-state index in [1.54, 1.807) is 32.5 Å². The Morgan fingerprint density at radius 1 is 1.46 bits per heavy atom. The van der Waals surface area contributed by atoms with E-state index in [2.05, 4.69) is 5.32 Å². The summed E-state index contributed by atoms with van der Waals surface area (Å²) in [7, 11) is 0. The number of nitrogens with zero attached hydrogens (tertiary/aromatic N) is 1. The third-order valence-corrected chi connectivity index (χ3v) is 5.39. The molecule has 2 heterocycles. The number of hydrogen-bond donors (Lipinski definition) is 3. The van der Waals surface area contributed by atoms with Crippen LogP contribution in [0, 0.1) is 5.41 Å². The molecular weight excluding hydrogens is 334 g/mol. The number of nitrogens with one attached hydrogen (secondary N) is 2. The molecule has 0 unspecified atom stereocenters. The minimum Gasteiger partial charge on any atom is -0.477 e. The molecule has 0 aromatic rings. The molecule has 2 fully saturated rings. The highest BCUT2D eigenvalue weighted by Crippen LogP contribution is 2.37. The van der Waals surface area contributed by atoms with Gasteiger partial charge < -0.3 is 15.2 Å². The van der Waals surface area contributed by atoms with E-state index in [4.69, 9.17) is 15.3 Å². The molecule has 2 aliphatic rings. The van der Waals surface area contributed by atoms with Crippen LogP contribution in [0.25, 0.3) is 0 Å². The van der Waals surface area contributed by atoms with Gasteiger partial charge in [0.05, 0.1) is 12.1 Å². The second-order valence-electron chi connectivity index (χ2n) is 6.94. The summed E-state index contributed by atoms with van der Waals surface area (Å²) in [6.45, 7) is 5.25. The van der Waals surface area contributed by atoms with Crippen LogP contribution in [-0.4, -0.2) is 62.5 Å². The number of rotatable bonds is 5. The van der Waals surface area contributed by atoms with Gasteiger partial charge in [0.1, 0.15) is 11.3 Å². The van der Waals surface area contributed by atoms with Gasteiger partial charge in [-0.15, -0.1) is 0 Å². The monoisotopic (exact) mass is 357 g/mol. The van der Waals surface area contributed by atoms with Crippen molar-refractivity contribution < 1.29 is 24.2 Å². The molecule has 8 nitrogen and oxygen atoms in total. The van der Waals surface area contributed by atoms with Crippen LogP contribution in [0.2, 0.25) is 0 Å². The number of aliphatic carboxylic acids is 1. The fourth-order valence-electron chi connectivity index (χ4n) is 2.84. The van der Waals surface area contributed by atoms with E-state index in [9.17, 15) is 14.4 Å². The molecule has 0 aromatic heterocycles. The number of carbonyl (C=O) groups is 3. The molecule has 3 amide bonds. The Labute approximate surface area is 144 Å². The fraction of sp³-hybridized carbons (Fsp3) is 0.733. The molecule has 0 aromatic carbocycles. The Morgan fingerprint density at radius 3 is 2.71 bits per heavy atom. The number of carbonyl (C=O) groups excluding carboxylic acids is 2. The molecule has 24 heavy (non-hydrogen) atoms. The van der Waals surface area contributed by atoms with Crippen molar-refractivity contribution in [1.82, 2.24) is 10.2 Å². The van der Waals surface area contributed by atoms with Gasteiger partial charge in [-0.25, -0.2) is 19.3 Å². The predicted octanol–water partition coefficient (Wildman–Crippen LogP) is 2.07. The lowest BCUT2D eigenvalue weighted by atomic mass is 10.0. The number of thioether (sulfide) groups is 1. The summed E-state index contributed by atoms with van der Waals surface area (Å²) >= 11 is 1.65. The Balaban J connectivity index is 1.92. The van der Waals surface area contributed by atoms with Crippen molar-refractivity contribution in [3.8, 4) is 0 Å². The zero-order chi connectivity index (χ0) is 18.1. The number of carboxylic acids is 1. The summed E-state index contributed by atoms with van der Waals surface area (Å²) < 4.78 is 5.30. The van der Waals surface area contributed by atoms with Crippen LogP contribution in [0.4, 0.5) is 9.59 Å². The van der Waals surface area contributed by atoms with Crippen LogP contribution in [0.1, 0.15) is 40.0 Å². The molecule has 2 aliphatic heterocycles. The van der Waals surface area contributed by atoms with Crippen molar-refractivity contribution in [3.63, 3.8) is 0 Å². The third kappa shape index (κ3) is 4.19. The maximum atomic E-state index is 12.2. The first-order chi connectivity index (χ1) is 11.1. The number of carboxylic acid groups (broad SMARTS) is 1. The lowest BCUT2D eigenvalue weighted by Crippen LogP contribution is -2.44. The van der Waals surface area contributed by atoms with E-state index in [0.717, 1.165) is 4.90 Å². The molecule has 2 saturated heterocycles. The van der Waals surface area contributed by atoms with Crippen LogP contribution in [0.5, 0.6) is 0 Å². The Bertz CT molecular complexity index is 560. The zero-order valence-corrected chi connectivity index (χ0v) is 14.8. The zero-order valence-electron chi connectivity index (χ0n) is 14.0. The highest BCUT2D eigenvalue weighted by Gasteiger charge is 2.51. The number of urea groups is 1. The molecule has 3 N–H and O–H groups in total. The molecule has 0 saturated carbocycles. The smallest absolute Gasteiger partial charge is 0.418 e. The maximum Gasteiger partial charge on any atom is 0.418 e. The van der Waals surface area contributed by atoms with Crippen LogP contribution < -0.4 is 5.32 Å². The van der Waals surface area contributed by atoms with E-state index in [-0.39, 0.29) is 29.5 Å². The molecule has 3 atom stereocenters. The number of hydrogen-bond acceptors (Lipinski definition) is 6. The van der Waals surface area contributed by atoms with Crippen molar-refractivity contribution in [2.24, 2.45) is 0 Å². The lowest BCUT2D eigenvalue weighted by Gasteiger charge is -2.25. The first-order valence-electron chi connectivity index (χ1n) is 7.85. The number of amides is 3.